The molecule has 0 aliphatic rings. The smallest absolute Gasteiger partial charge is 0.349 e. The molecule has 0 saturated carbocycles. The van der Waals surface area contributed by atoms with E-state index in [9.17, 15) is 9.59 Å². The standard InChI is InChI=1S/C18H22N4O4S/c1-9(2)8-22-17-13(11(4)20-22)7-14(27-17)18(24)25-12(5)16(23)19-15-6-10(3)21-26-15/h6-7,9,12H,8H2,1-5H3,(H,19,23)/t12-/m0/s1. The summed E-state index contributed by atoms with van der Waals surface area (Å²) in [5.41, 5.74) is 1.51. The second kappa shape index (κ2) is 7.51. The lowest BCUT2D eigenvalue weighted by Gasteiger charge is -2.11. The average Bonchev–Trinajstić information content (AvgIpc) is 3.25. The fraction of sp³-hybridized carbons (Fsp3) is 0.444. The van der Waals surface area contributed by atoms with E-state index in [1.54, 1.807) is 19.1 Å². The van der Waals surface area contributed by atoms with Crippen LogP contribution in [0.4, 0.5) is 5.88 Å². The largest absolute Gasteiger partial charge is 0.448 e. The molecule has 0 spiro atoms. The Morgan fingerprint density at radius 2 is 2.04 bits per heavy atom. The van der Waals surface area contributed by atoms with Crippen molar-refractivity contribution in [2.24, 2.45) is 5.92 Å². The minimum Gasteiger partial charge on any atom is -0.448 e. The van der Waals surface area contributed by atoms with Crippen molar-refractivity contribution in [2.75, 3.05) is 5.32 Å². The van der Waals surface area contributed by atoms with Crippen LogP contribution in [-0.4, -0.2) is 32.9 Å². The van der Waals surface area contributed by atoms with Gasteiger partial charge in [-0.1, -0.05) is 19.0 Å². The number of aryl methyl sites for hydroxylation is 2. The van der Waals surface area contributed by atoms with Crippen molar-refractivity contribution in [3.05, 3.63) is 28.4 Å². The predicted molar refractivity (Wildman–Crippen MR) is 102 cm³/mol. The number of thiophene rings is 1. The lowest BCUT2D eigenvalue weighted by Crippen LogP contribution is -2.29. The van der Waals surface area contributed by atoms with Crippen LogP contribution in [0.3, 0.4) is 0 Å². The maximum absolute atomic E-state index is 12.5. The van der Waals surface area contributed by atoms with Gasteiger partial charge in [-0.15, -0.1) is 11.3 Å². The predicted octanol–water partition coefficient (Wildman–Crippen LogP) is 3.54. The molecule has 0 radical (unpaired) electrons. The molecule has 3 aromatic heterocycles. The number of carbonyl (C=O) groups is 2. The molecule has 3 heterocycles. The van der Waals surface area contributed by atoms with Gasteiger partial charge >= 0.3 is 5.97 Å². The number of esters is 1. The molecule has 0 aromatic carbocycles. The highest BCUT2D eigenvalue weighted by Gasteiger charge is 2.23. The van der Waals surface area contributed by atoms with Gasteiger partial charge in [-0.25, -0.2) is 4.79 Å². The third-order valence-corrected chi connectivity index (χ3v) is 5.00. The SMILES string of the molecule is Cc1cc(NC(=O)[C@H](C)OC(=O)c2cc3c(C)nn(CC(C)C)c3s2)on1. The Bertz CT molecular complexity index is 985. The van der Waals surface area contributed by atoms with Gasteiger partial charge in [0.1, 0.15) is 9.71 Å². The molecule has 3 rings (SSSR count). The van der Waals surface area contributed by atoms with Crippen molar-refractivity contribution in [3.63, 3.8) is 0 Å². The van der Waals surface area contributed by atoms with Crippen LogP contribution in [-0.2, 0) is 16.1 Å². The Balaban J connectivity index is 1.70. The Hall–Kier alpha value is -2.68. The van der Waals surface area contributed by atoms with E-state index in [2.05, 4.69) is 29.4 Å². The third kappa shape index (κ3) is 4.19. The number of fused-ring (bicyclic) bond motifs is 1. The Morgan fingerprint density at radius 1 is 1.30 bits per heavy atom. The number of amides is 1. The van der Waals surface area contributed by atoms with Crippen molar-refractivity contribution in [1.29, 1.82) is 0 Å². The first kappa shape index (κ1) is 19.1. The summed E-state index contributed by atoms with van der Waals surface area (Å²) in [6, 6.07) is 3.35. The molecule has 1 amide bonds. The second-order valence-corrected chi connectivity index (χ2v) is 7.89. The zero-order chi connectivity index (χ0) is 19.7. The summed E-state index contributed by atoms with van der Waals surface area (Å²) in [4.78, 5) is 26.0. The highest BCUT2D eigenvalue weighted by atomic mass is 32.1. The molecular weight excluding hydrogens is 368 g/mol. The van der Waals surface area contributed by atoms with Crippen molar-refractivity contribution >= 4 is 39.3 Å². The Labute approximate surface area is 160 Å². The maximum atomic E-state index is 12.5. The van der Waals surface area contributed by atoms with E-state index < -0.39 is 18.0 Å². The van der Waals surface area contributed by atoms with Crippen LogP contribution in [0, 0.1) is 19.8 Å². The van der Waals surface area contributed by atoms with Gasteiger partial charge in [0.05, 0.1) is 11.4 Å². The van der Waals surface area contributed by atoms with Crippen molar-refractivity contribution < 1.29 is 18.8 Å². The van der Waals surface area contributed by atoms with E-state index in [4.69, 9.17) is 9.26 Å². The van der Waals surface area contributed by atoms with Gasteiger partial charge < -0.3 is 9.26 Å². The molecule has 0 saturated heterocycles. The number of aromatic nitrogens is 3. The Kier molecular flexibility index (Phi) is 5.31. The van der Waals surface area contributed by atoms with Crippen LogP contribution >= 0.6 is 11.3 Å². The van der Waals surface area contributed by atoms with E-state index >= 15 is 0 Å². The van der Waals surface area contributed by atoms with E-state index in [0.717, 1.165) is 22.5 Å². The summed E-state index contributed by atoms with van der Waals surface area (Å²) in [6.07, 6.45) is -0.971. The first-order chi connectivity index (χ1) is 12.7. The molecule has 0 fully saturated rings. The summed E-state index contributed by atoms with van der Waals surface area (Å²) < 4.78 is 12.2. The number of carbonyl (C=O) groups excluding carboxylic acids is 2. The molecule has 0 aliphatic carbocycles. The number of ether oxygens (including phenoxy) is 1. The van der Waals surface area contributed by atoms with Crippen LogP contribution in [0.15, 0.2) is 16.7 Å². The fourth-order valence-electron chi connectivity index (χ4n) is 2.60. The van der Waals surface area contributed by atoms with Crippen LogP contribution in [0.2, 0.25) is 0 Å². The summed E-state index contributed by atoms with van der Waals surface area (Å²) in [6.45, 7) is 10.2. The number of nitrogens with one attached hydrogen (secondary N) is 1. The number of rotatable bonds is 6. The third-order valence-electron chi connectivity index (χ3n) is 3.87. The van der Waals surface area contributed by atoms with Gasteiger partial charge in [0, 0.05) is 18.0 Å². The highest BCUT2D eigenvalue weighted by molar-refractivity contribution is 7.20. The normalized spacial score (nSPS) is 12.5. The summed E-state index contributed by atoms with van der Waals surface area (Å²) in [7, 11) is 0. The van der Waals surface area contributed by atoms with Crippen molar-refractivity contribution in [3.8, 4) is 0 Å². The Morgan fingerprint density at radius 3 is 2.67 bits per heavy atom. The van der Waals surface area contributed by atoms with Crippen LogP contribution in [0.5, 0.6) is 0 Å². The van der Waals surface area contributed by atoms with Gasteiger partial charge in [-0.2, -0.15) is 5.10 Å². The summed E-state index contributed by atoms with van der Waals surface area (Å²) >= 11 is 1.32. The first-order valence-corrected chi connectivity index (χ1v) is 9.48. The van der Waals surface area contributed by atoms with E-state index in [0.29, 0.717) is 16.5 Å². The van der Waals surface area contributed by atoms with E-state index in [1.807, 2.05) is 11.6 Å². The summed E-state index contributed by atoms with van der Waals surface area (Å²) in [5.74, 6) is -0.369. The minimum absolute atomic E-state index is 0.215. The molecule has 8 nitrogen and oxygen atoms in total. The second-order valence-electron chi connectivity index (χ2n) is 6.86. The maximum Gasteiger partial charge on any atom is 0.349 e. The lowest BCUT2D eigenvalue weighted by molar-refractivity contribution is -0.123. The fourth-order valence-corrected chi connectivity index (χ4v) is 3.65. The van der Waals surface area contributed by atoms with Gasteiger partial charge in [-0.3, -0.25) is 14.8 Å². The number of hydrogen-bond donors (Lipinski definition) is 1. The molecule has 27 heavy (non-hydrogen) atoms. The zero-order valence-electron chi connectivity index (χ0n) is 15.9. The quantitative estimate of drug-likeness (QED) is 0.646. The highest BCUT2D eigenvalue weighted by Crippen LogP contribution is 2.29. The van der Waals surface area contributed by atoms with Gasteiger partial charge in [0.2, 0.25) is 5.88 Å². The minimum atomic E-state index is -0.971. The van der Waals surface area contributed by atoms with Crippen LogP contribution < -0.4 is 5.32 Å². The number of nitrogens with zero attached hydrogens (tertiary/aromatic N) is 3. The average molecular weight is 390 g/mol. The summed E-state index contributed by atoms with van der Waals surface area (Å²) in [5, 5.41) is 11.7. The monoisotopic (exact) mass is 390 g/mol. The molecule has 144 valence electrons. The number of anilines is 1. The number of hydrogen-bond acceptors (Lipinski definition) is 7. The van der Waals surface area contributed by atoms with Crippen LogP contribution in [0.1, 0.15) is 41.8 Å². The molecule has 0 unspecified atom stereocenters. The zero-order valence-corrected chi connectivity index (χ0v) is 16.7. The van der Waals surface area contributed by atoms with Gasteiger partial charge in [-0.05, 0) is 32.8 Å². The topological polar surface area (TPSA) is 99.2 Å². The van der Waals surface area contributed by atoms with Crippen LogP contribution in [0.25, 0.3) is 10.2 Å². The van der Waals surface area contributed by atoms with Crippen molar-refractivity contribution in [2.45, 2.75) is 47.3 Å². The molecule has 1 N–H and O–H groups in total. The molecule has 0 aliphatic heterocycles. The van der Waals surface area contributed by atoms with E-state index in [-0.39, 0.29) is 5.88 Å². The van der Waals surface area contributed by atoms with E-state index in [1.165, 1.54) is 18.3 Å². The van der Waals surface area contributed by atoms with Gasteiger partial charge in [0.25, 0.3) is 5.91 Å². The van der Waals surface area contributed by atoms with Crippen molar-refractivity contribution in [1.82, 2.24) is 14.9 Å². The molecular formula is C18H22N4O4S. The molecule has 9 heteroatoms. The lowest BCUT2D eigenvalue weighted by atomic mass is 10.2. The first-order valence-electron chi connectivity index (χ1n) is 8.66. The molecule has 3 aromatic rings. The molecule has 0 bridgehead atoms. The van der Waals surface area contributed by atoms with Gasteiger partial charge in [0.15, 0.2) is 6.10 Å². The molecule has 1 atom stereocenters.